The summed E-state index contributed by atoms with van der Waals surface area (Å²) in [7, 11) is 0. The molecule has 0 aliphatic carbocycles. The van der Waals surface area contributed by atoms with Gasteiger partial charge in [0.1, 0.15) is 12.7 Å². The summed E-state index contributed by atoms with van der Waals surface area (Å²) >= 11 is 0. The molecule has 0 radical (unpaired) electrons. The summed E-state index contributed by atoms with van der Waals surface area (Å²) in [5, 5.41) is 9.51. The van der Waals surface area contributed by atoms with Crippen LogP contribution in [0.3, 0.4) is 0 Å². The molecule has 7 nitrogen and oxygen atoms in total. The van der Waals surface area contributed by atoms with E-state index in [1.807, 2.05) is 0 Å². The number of hydrogen-bond donors (Lipinski definition) is 1. The number of aliphatic hydroxyl groups excluding tert-OH is 1. The van der Waals surface area contributed by atoms with Gasteiger partial charge in [-0.2, -0.15) is 0 Å². The number of carbonyl (C=O) groups is 2. The number of aliphatic hydroxyl groups is 1. The SMILES string of the molecule is CCCCCCCCCCCOC(=O)CCCCCN(CCO)CCCCCOCC(=O)OC(CCCCCCCC)CCCCCCCC. The lowest BCUT2D eigenvalue weighted by atomic mass is 10.0. The molecular weight excluding hydrogens is 626 g/mol. The molecule has 1 N–H and O–H groups in total. The first kappa shape index (κ1) is 48.8. The van der Waals surface area contributed by atoms with Gasteiger partial charge >= 0.3 is 11.9 Å². The van der Waals surface area contributed by atoms with Crippen molar-refractivity contribution < 1.29 is 28.9 Å². The van der Waals surface area contributed by atoms with Crippen molar-refractivity contribution in [2.24, 2.45) is 0 Å². The molecule has 0 bridgehead atoms. The summed E-state index contributed by atoms with van der Waals surface area (Å²) in [5.41, 5.74) is 0. The van der Waals surface area contributed by atoms with Crippen LogP contribution in [-0.2, 0) is 23.8 Å². The van der Waals surface area contributed by atoms with E-state index in [2.05, 4.69) is 25.7 Å². The smallest absolute Gasteiger partial charge is 0.332 e. The van der Waals surface area contributed by atoms with Crippen LogP contribution in [0, 0.1) is 0 Å². The van der Waals surface area contributed by atoms with Crippen LogP contribution >= 0.6 is 0 Å². The average Bonchev–Trinajstić information content (AvgIpc) is 3.11. The molecule has 0 amide bonds. The monoisotopic (exact) mass is 712 g/mol. The van der Waals surface area contributed by atoms with Crippen LogP contribution < -0.4 is 0 Å². The van der Waals surface area contributed by atoms with Crippen molar-refractivity contribution in [3.63, 3.8) is 0 Å². The molecule has 0 spiro atoms. The zero-order valence-electron chi connectivity index (χ0n) is 33.7. The molecular formula is C43H85NO6. The van der Waals surface area contributed by atoms with E-state index in [-0.39, 0.29) is 31.3 Å². The van der Waals surface area contributed by atoms with Crippen LogP contribution in [0.2, 0.25) is 0 Å². The lowest BCUT2D eigenvalue weighted by molar-refractivity contribution is -0.155. The minimum Gasteiger partial charge on any atom is -0.466 e. The number of hydrogen-bond acceptors (Lipinski definition) is 7. The Morgan fingerprint density at radius 2 is 0.940 bits per heavy atom. The zero-order chi connectivity index (χ0) is 36.6. The van der Waals surface area contributed by atoms with E-state index in [0.29, 0.717) is 26.2 Å². The normalized spacial score (nSPS) is 11.6. The molecule has 0 heterocycles. The Bertz CT molecular complexity index is 689. The first-order valence-corrected chi connectivity index (χ1v) is 21.8. The van der Waals surface area contributed by atoms with Crippen molar-refractivity contribution in [1.29, 1.82) is 0 Å². The number of esters is 2. The van der Waals surface area contributed by atoms with Crippen LogP contribution in [0.5, 0.6) is 0 Å². The first-order valence-electron chi connectivity index (χ1n) is 21.8. The Balaban J connectivity index is 3.96. The minimum absolute atomic E-state index is 0.0316. The molecule has 0 fully saturated rings. The predicted octanol–water partition coefficient (Wildman–Crippen LogP) is 11.5. The van der Waals surface area contributed by atoms with Gasteiger partial charge in [-0.05, 0) is 77.3 Å². The van der Waals surface area contributed by atoms with Crippen molar-refractivity contribution in [3.05, 3.63) is 0 Å². The Morgan fingerprint density at radius 1 is 0.500 bits per heavy atom. The van der Waals surface area contributed by atoms with Crippen molar-refractivity contribution >= 4 is 11.9 Å². The first-order chi connectivity index (χ1) is 24.6. The maximum atomic E-state index is 12.6. The summed E-state index contributed by atoms with van der Waals surface area (Å²) in [4.78, 5) is 26.9. The van der Waals surface area contributed by atoms with E-state index in [1.54, 1.807) is 0 Å². The van der Waals surface area contributed by atoms with Gasteiger partial charge in [-0.15, -0.1) is 0 Å². The van der Waals surface area contributed by atoms with Gasteiger partial charge < -0.3 is 24.2 Å². The van der Waals surface area contributed by atoms with Gasteiger partial charge in [0.15, 0.2) is 0 Å². The van der Waals surface area contributed by atoms with Crippen molar-refractivity contribution in [1.82, 2.24) is 4.90 Å². The Kier molecular flexibility index (Phi) is 39.6. The van der Waals surface area contributed by atoms with E-state index < -0.39 is 0 Å². The van der Waals surface area contributed by atoms with Crippen LogP contribution in [0.25, 0.3) is 0 Å². The van der Waals surface area contributed by atoms with Crippen molar-refractivity contribution in [2.45, 2.75) is 219 Å². The summed E-state index contributed by atoms with van der Waals surface area (Å²) in [6, 6.07) is 0. The van der Waals surface area contributed by atoms with Gasteiger partial charge in [-0.3, -0.25) is 4.79 Å². The largest absolute Gasteiger partial charge is 0.466 e. The van der Waals surface area contributed by atoms with E-state index >= 15 is 0 Å². The van der Waals surface area contributed by atoms with E-state index in [1.165, 1.54) is 109 Å². The Morgan fingerprint density at radius 3 is 1.46 bits per heavy atom. The van der Waals surface area contributed by atoms with Crippen LogP contribution in [0.1, 0.15) is 213 Å². The highest BCUT2D eigenvalue weighted by Crippen LogP contribution is 2.17. The topological polar surface area (TPSA) is 85.3 Å². The molecule has 0 rings (SSSR count). The second kappa shape index (κ2) is 40.6. The maximum Gasteiger partial charge on any atom is 0.332 e. The van der Waals surface area contributed by atoms with Gasteiger partial charge in [0.05, 0.1) is 13.2 Å². The molecule has 7 heteroatoms. The van der Waals surface area contributed by atoms with Gasteiger partial charge in [0.2, 0.25) is 0 Å². The molecule has 0 aromatic carbocycles. The average molecular weight is 712 g/mol. The fourth-order valence-electron chi connectivity index (χ4n) is 6.59. The summed E-state index contributed by atoms with van der Waals surface area (Å²) in [5.74, 6) is -0.276. The number of unbranched alkanes of at least 4 members (excludes halogenated alkanes) is 22. The van der Waals surface area contributed by atoms with Crippen molar-refractivity contribution in [3.8, 4) is 0 Å². The predicted molar refractivity (Wildman–Crippen MR) is 211 cm³/mol. The highest BCUT2D eigenvalue weighted by molar-refractivity contribution is 5.70. The second-order valence-electron chi connectivity index (χ2n) is 14.8. The van der Waals surface area contributed by atoms with E-state index in [9.17, 15) is 14.7 Å². The molecule has 0 aliphatic heterocycles. The third kappa shape index (κ3) is 36.6. The third-order valence-electron chi connectivity index (χ3n) is 9.82. The Hall–Kier alpha value is -1.18. The number of nitrogens with zero attached hydrogens (tertiary/aromatic N) is 1. The summed E-state index contributed by atoms with van der Waals surface area (Å²) in [6.07, 6.45) is 34.8. The third-order valence-corrected chi connectivity index (χ3v) is 9.82. The molecule has 0 saturated carbocycles. The number of carbonyl (C=O) groups excluding carboxylic acids is 2. The summed E-state index contributed by atoms with van der Waals surface area (Å²) in [6.45, 7) is 10.7. The molecule has 0 saturated heterocycles. The zero-order valence-corrected chi connectivity index (χ0v) is 33.7. The van der Waals surface area contributed by atoms with Gasteiger partial charge in [-0.25, -0.2) is 4.79 Å². The van der Waals surface area contributed by atoms with Crippen molar-refractivity contribution in [2.75, 3.05) is 46.1 Å². The fourth-order valence-corrected chi connectivity index (χ4v) is 6.59. The van der Waals surface area contributed by atoms with Crippen LogP contribution in [0.4, 0.5) is 0 Å². The van der Waals surface area contributed by atoms with Gasteiger partial charge in [0.25, 0.3) is 0 Å². The summed E-state index contributed by atoms with van der Waals surface area (Å²) < 4.78 is 17.0. The van der Waals surface area contributed by atoms with Gasteiger partial charge in [-0.1, -0.05) is 143 Å². The Labute approximate surface area is 310 Å². The molecule has 50 heavy (non-hydrogen) atoms. The van der Waals surface area contributed by atoms with Gasteiger partial charge in [0, 0.05) is 19.6 Å². The van der Waals surface area contributed by atoms with E-state index in [0.717, 1.165) is 90.1 Å². The molecule has 0 aromatic heterocycles. The van der Waals surface area contributed by atoms with Crippen LogP contribution in [0.15, 0.2) is 0 Å². The molecule has 0 atom stereocenters. The standard InChI is InChI=1S/C43H85NO6/c1-4-7-10-13-16-17-18-21-30-39-49-42(46)33-26-22-27-34-44(36-37-45)35-28-23-29-38-48-40-43(47)50-41(31-24-19-14-11-8-5-2)32-25-20-15-12-9-6-3/h41,45H,4-40H2,1-3H3. The fraction of sp³-hybridized carbons (Fsp3) is 0.953. The molecule has 0 aliphatic rings. The molecule has 298 valence electrons. The minimum atomic E-state index is -0.215. The molecule has 0 unspecified atom stereocenters. The maximum absolute atomic E-state index is 12.6. The second-order valence-corrected chi connectivity index (χ2v) is 14.8. The van der Waals surface area contributed by atoms with Crippen LogP contribution in [-0.4, -0.2) is 74.1 Å². The van der Waals surface area contributed by atoms with E-state index in [4.69, 9.17) is 14.2 Å². The highest BCUT2D eigenvalue weighted by atomic mass is 16.6. The number of ether oxygens (including phenoxy) is 3. The quantitative estimate of drug-likeness (QED) is 0.0499. The lowest BCUT2D eigenvalue weighted by Gasteiger charge is -2.21. The molecule has 0 aromatic rings. The number of rotatable bonds is 41. The highest BCUT2D eigenvalue weighted by Gasteiger charge is 2.15. The lowest BCUT2D eigenvalue weighted by Crippen LogP contribution is -2.29.